The van der Waals surface area contributed by atoms with Gasteiger partial charge >= 0.3 is 0 Å². The van der Waals surface area contributed by atoms with E-state index >= 15 is 0 Å². The van der Waals surface area contributed by atoms with E-state index in [-0.39, 0.29) is 16.6 Å². The second-order valence-corrected chi connectivity index (χ2v) is 10.5. The summed E-state index contributed by atoms with van der Waals surface area (Å²) in [7, 11) is -3.62. The number of carbonyl (C=O) groups excluding carboxylic acids is 1. The van der Waals surface area contributed by atoms with Crippen LogP contribution >= 0.6 is 0 Å². The Bertz CT molecular complexity index is 1400. The van der Waals surface area contributed by atoms with Crippen molar-refractivity contribution in [3.63, 3.8) is 0 Å². The summed E-state index contributed by atoms with van der Waals surface area (Å²) in [4.78, 5) is 19.0. The van der Waals surface area contributed by atoms with Crippen LogP contribution in [0.2, 0.25) is 0 Å². The van der Waals surface area contributed by atoms with Gasteiger partial charge in [-0.2, -0.15) is 0 Å². The Morgan fingerprint density at radius 3 is 2.52 bits per heavy atom. The van der Waals surface area contributed by atoms with E-state index in [0.29, 0.717) is 42.6 Å². The molecule has 3 aromatic rings. The van der Waals surface area contributed by atoms with Gasteiger partial charge in [-0.15, -0.1) is 0 Å². The lowest BCUT2D eigenvalue weighted by molar-refractivity contribution is 0.0743. The average molecular weight is 463 g/mol. The van der Waals surface area contributed by atoms with Crippen LogP contribution in [-0.4, -0.2) is 37.3 Å². The predicted octanol–water partition coefficient (Wildman–Crippen LogP) is 4.55. The first-order valence-electron chi connectivity index (χ1n) is 10.9. The topological polar surface area (TPSA) is 67.3 Å². The van der Waals surface area contributed by atoms with Crippen LogP contribution in [0.4, 0.5) is 4.39 Å². The monoisotopic (exact) mass is 462 g/mol. The van der Waals surface area contributed by atoms with E-state index < -0.39 is 15.7 Å². The average Bonchev–Trinajstić information content (AvgIpc) is 2.89. The van der Waals surface area contributed by atoms with E-state index in [9.17, 15) is 17.6 Å². The van der Waals surface area contributed by atoms with Crippen LogP contribution in [0.25, 0.3) is 5.57 Å². The molecule has 2 aromatic carbocycles. The molecule has 0 N–H and O–H groups in total. The number of fused-ring (bicyclic) bond motifs is 2. The summed E-state index contributed by atoms with van der Waals surface area (Å²) in [6.07, 6.45) is 4.47. The van der Waals surface area contributed by atoms with Crippen LogP contribution in [0.1, 0.15) is 45.5 Å². The van der Waals surface area contributed by atoms with Crippen molar-refractivity contribution in [1.82, 2.24) is 9.88 Å². The minimum atomic E-state index is -3.62. The third-order valence-corrected chi connectivity index (χ3v) is 8.03. The molecule has 7 heteroatoms. The van der Waals surface area contributed by atoms with E-state index in [1.54, 1.807) is 17.3 Å². The number of aromatic nitrogens is 1. The second kappa shape index (κ2) is 8.23. The summed E-state index contributed by atoms with van der Waals surface area (Å²) in [5.74, 6) is -0.657. The first-order chi connectivity index (χ1) is 15.8. The van der Waals surface area contributed by atoms with Crippen LogP contribution < -0.4 is 0 Å². The Kier molecular flexibility index (Phi) is 5.37. The number of piperidine rings is 1. The van der Waals surface area contributed by atoms with Gasteiger partial charge < -0.3 is 4.90 Å². The minimum Gasteiger partial charge on any atom is -0.338 e. The molecule has 1 aromatic heterocycles. The van der Waals surface area contributed by atoms with Crippen molar-refractivity contribution in [3.05, 3.63) is 100 Å². The number of rotatable bonds is 1. The Morgan fingerprint density at radius 1 is 1.00 bits per heavy atom. The molecule has 0 saturated carbocycles. The lowest BCUT2D eigenvalue weighted by atomic mass is 9.86. The van der Waals surface area contributed by atoms with E-state index in [2.05, 4.69) is 4.98 Å². The number of likely N-dealkylation sites (tertiary alicyclic amines) is 1. The molecule has 1 fully saturated rings. The molecule has 0 atom stereocenters. The maximum atomic E-state index is 14.3. The molecular formula is C26H23FN2O3S. The fraction of sp³-hybridized carbons (Fsp3) is 0.231. The molecule has 3 heterocycles. The van der Waals surface area contributed by atoms with Gasteiger partial charge in [0.1, 0.15) is 5.82 Å². The quantitative estimate of drug-likeness (QED) is 0.498. The normalized spacial score (nSPS) is 17.2. The molecule has 0 radical (unpaired) electrons. The van der Waals surface area contributed by atoms with Gasteiger partial charge in [-0.05, 0) is 66.3 Å². The zero-order chi connectivity index (χ0) is 23.2. The molecule has 1 saturated heterocycles. The van der Waals surface area contributed by atoms with Crippen LogP contribution in [-0.2, 0) is 15.6 Å². The van der Waals surface area contributed by atoms with Crippen molar-refractivity contribution in [2.45, 2.75) is 30.4 Å². The maximum absolute atomic E-state index is 14.3. The van der Waals surface area contributed by atoms with Crippen LogP contribution in [0.3, 0.4) is 0 Å². The van der Waals surface area contributed by atoms with Crippen molar-refractivity contribution >= 4 is 21.3 Å². The predicted molar refractivity (Wildman–Crippen MR) is 124 cm³/mol. The molecular weight excluding hydrogens is 439 g/mol. The summed E-state index contributed by atoms with van der Waals surface area (Å²) >= 11 is 0. The van der Waals surface area contributed by atoms with E-state index in [0.717, 1.165) is 22.3 Å². The van der Waals surface area contributed by atoms with Gasteiger partial charge in [0.15, 0.2) is 9.84 Å². The number of hydrogen-bond donors (Lipinski definition) is 0. The Labute approximate surface area is 192 Å². The summed E-state index contributed by atoms with van der Waals surface area (Å²) in [5, 5.41) is 0. The van der Waals surface area contributed by atoms with Gasteiger partial charge in [-0.1, -0.05) is 29.8 Å². The smallest absolute Gasteiger partial charge is 0.255 e. The fourth-order valence-electron chi connectivity index (χ4n) is 4.75. The Morgan fingerprint density at radius 2 is 1.76 bits per heavy atom. The fourth-order valence-corrected chi connectivity index (χ4v) is 6.34. The van der Waals surface area contributed by atoms with Gasteiger partial charge in [-0.25, -0.2) is 12.8 Å². The van der Waals surface area contributed by atoms with Gasteiger partial charge in [0.2, 0.25) is 0 Å². The third kappa shape index (κ3) is 3.97. The number of nitrogens with zero attached hydrogens (tertiary/aromatic N) is 2. The molecule has 0 bridgehead atoms. The van der Waals surface area contributed by atoms with Crippen molar-refractivity contribution in [2.24, 2.45) is 0 Å². The van der Waals surface area contributed by atoms with Gasteiger partial charge in [-0.3, -0.25) is 9.78 Å². The highest BCUT2D eigenvalue weighted by molar-refractivity contribution is 7.90. The molecule has 0 unspecified atom stereocenters. The number of aryl methyl sites for hydroxylation is 1. The van der Waals surface area contributed by atoms with Crippen LogP contribution in [0, 0.1) is 12.7 Å². The van der Waals surface area contributed by atoms with Crippen LogP contribution in [0.15, 0.2) is 71.4 Å². The first kappa shape index (κ1) is 21.5. The zero-order valence-corrected chi connectivity index (χ0v) is 19.0. The molecule has 1 amide bonds. The van der Waals surface area contributed by atoms with Gasteiger partial charge in [0, 0.05) is 31.0 Å². The number of pyridine rings is 1. The number of hydrogen-bond acceptors (Lipinski definition) is 4. The number of carbonyl (C=O) groups is 1. The highest BCUT2D eigenvalue weighted by Crippen LogP contribution is 2.41. The molecule has 168 valence electrons. The zero-order valence-electron chi connectivity index (χ0n) is 18.2. The molecule has 2 aliphatic rings. The molecule has 5 nitrogen and oxygen atoms in total. The van der Waals surface area contributed by atoms with Crippen molar-refractivity contribution in [1.29, 1.82) is 0 Å². The first-order valence-corrected chi connectivity index (χ1v) is 12.5. The summed E-state index contributed by atoms with van der Waals surface area (Å²) < 4.78 is 40.5. The molecule has 5 rings (SSSR count). The van der Waals surface area contributed by atoms with Crippen molar-refractivity contribution in [2.75, 3.05) is 13.1 Å². The maximum Gasteiger partial charge on any atom is 0.255 e. The molecule has 33 heavy (non-hydrogen) atoms. The van der Waals surface area contributed by atoms with E-state index in [4.69, 9.17) is 0 Å². The number of sulfone groups is 1. The molecule has 0 spiro atoms. The lowest BCUT2D eigenvalue weighted by Crippen LogP contribution is -2.36. The largest absolute Gasteiger partial charge is 0.338 e. The standard InChI is InChI=1S/C26H23FN2O3S/c1-17-12-20(15-28-14-17)26(30)29-10-8-18(9-11-29)25-22-5-3-2-4-19(22)16-33(31,32)24-7-6-21(27)13-23(24)25/h2-7,12-15H,8-11,16H2,1H3. The summed E-state index contributed by atoms with van der Waals surface area (Å²) in [6.45, 7) is 2.91. The van der Waals surface area contributed by atoms with Crippen LogP contribution in [0.5, 0.6) is 0 Å². The number of benzene rings is 2. The van der Waals surface area contributed by atoms with E-state index in [1.807, 2.05) is 37.3 Å². The summed E-state index contributed by atoms with van der Waals surface area (Å²) in [5.41, 5.74) is 5.25. The molecule has 2 aliphatic heterocycles. The lowest BCUT2D eigenvalue weighted by Gasteiger charge is -2.30. The highest BCUT2D eigenvalue weighted by atomic mass is 32.2. The van der Waals surface area contributed by atoms with Gasteiger partial charge in [0.25, 0.3) is 5.91 Å². The number of amides is 1. The third-order valence-electron chi connectivity index (χ3n) is 6.31. The Hall–Kier alpha value is -3.32. The Balaban J connectivity index is 1.57. The van der Waals surface area contributed by atoms with Gasteiger partial charge in [0.05, 0.1) is 16.2 Å². The van der Waals surface area contributed by atoms with Crippen molar-refractivity contribution in [3.8, 4) is 0 Å². The SMILES string of the molecule is Cc1cncc(C(=O)N2CCC(=C3c4ccccc4CS(=O)(=O)c4ccc(F)cc43)CC2)c1. The minimum absolute atomic E-state index is 0.0643. The highest BCUT2D eigenvalue weighted by Gasteiger charge is 2.31. The summed E-state index contributed by atoms with van der Waals surface area (Å²) in [6, 6.07) is 13.1. The molecule has 0 aliphatic carbocycles. The van der Waals surface area contributed by atoms with E-state index in [1.165, 1.54) is 18.2 Å². The number of halogens is 1. The van der Waals surface area contributed by atoms with Crippen molar-refractivity contribution < 1.29 is 17.6 Å². The second-order valence-electron chi connectivity index (χ2n) is 8.58.